The van der Waals surface area contributed by atoms with Crippen LogP contribution in [0.25, 0.3) is 0 Å². The maximum absolute atomic E-state index is 12.1. The van der Waals surface area contributed by atoms with Crippen LogP contribution in [0, 0.1) is 6.92 Å². The number of aryl methyl sites for hydroxylation is 1. The fraction of sp³-hybridized carbons (Fsp3) is 0.308. The van der Waals surface area contributed by atoms with Crippen LogP contribution in [0.3, 0.4) is 0 Å². The van der Waals surface area contributed by atoms with Crippen LogP contribution in [0.4, 0.5) is 0 Å². The monoisotopic (exact) mass is 264 g/mol. The highest BCUT2D eigenvalue weighted by atomic mass is 79.9. The molecule has 0 fully saturated rings. The van der Waals surface area contributed by atoms with Gasteiger partial charge in [0, 0.05) is 10.0 Å². The largest absolute Gasteiger partial charge is 0.289 e. The summed E-state index contributed by atoms with van der Waals surface area (Å²) in [5, 5.41) is 0. The van der Waals surface area contributed by atoms with Crippen LogP contribution in [-0.4, -0.2) is 5.78 Å². The lowest BCUT2D eigenvalue weighted by atomic mass is 10.0. The van der Waals surface area contributed by atoms with Crippen molar-refractivity contribution in [3.05, 3.63) is 45.4 Å². The molecular weight excluding hydrogens is 252 g/mol. The molecule has 0 N–H and O–H groups in total. The van der Waals surface area contributed by atoms with Crippen molar-refractivity contribution < 1.29 is 4.79 Å². The third-order valence-corrected chi connectivity index (χ3v) is 3.39. The standard InChI is InChI=1S/C13H13BrO/c1-9-6-7-12(14)11(8-9)13(15)10-4-2-3-5-10/h4,6-8H,2-3,5H2,1H3. The second-order valence-corrected chi connectivity index (χ2v) is 4.79. The first kappa shape index (κ1) is 10.6. The number of hydrogen-bond donors (Lipinski definition) is 0. The summed E-state index contributed by atoms with van der Waals surface area (Å²) in [5.74, 6) is 0.183. The zero-order valence-electron chi connectivity index (χ0n) is 8.72. The zero-order chi connectivity index (χ0) is 10.8. The van der Waals surface area contributed by atoms with Crippen molar-refractivity contribution in [2.24, 2.45) is 0 Å². The number of benzene rings is 1. The average Bonchev–Trinajstić information content (AvgIpc) is 2.74. The normalized spacial score (nSPS) is 15.2. The number of rotatable bonds is 2. The first-order valence-corrected chi connectivity index (χ1v) is 5.97. The van der Waals surface area contributed by atoms with Gasteiger partial charge in [-0.2, -0.15) is 0 Å². The van der Waals surface area contributed by atoms with Crippen molar-refractivity contribution in [2.45, 2.75) is 26.2 Å². The molecule has 0 aliphatic heterocycles. The van der Waals surface area contributed by atoms with Gasteiger partial charge >= 0.3 is 0 Å². The number of halogens is 1. The molecule has 1 aromatic rings. The first-order chi connectivity index (χ1) is 7.18. The van der Waals surface area contributed by atoms with E-state index in [1.54, 1.807) is 0 Å². The summed E-state index contributed by atoms with van der Waals surface area (Å²) in [7, 11) is 0. The fourth-order valence-electron chi connectivity index (χ4n) is 1.86. The predicted octanol–water partition coefficient (Wildman–Crippen LogP) is 4.05. The lowest BCUT2D eigenvalue weighted by Crippen LogP contribution is -2.03. The molecule has 0 heterocycles. The second-order valence-electron chi connectivity index (χ2n) is 3.93. The summed E-state index contributed by atoms with van der Waals surface area (Å²) >= 11 is 3.43. The molecule has 0 amide bonds. The maximum Gasteiger partial charge on any atom is 0.189 e. The van der Waals surface area contributed by atoms with Gasteiger partial charge in [0.2, 0.25) is 0 Å². The number of carbonyl (C=O) groups excluding carboxylic acids is 1. The van der Waals surface area contributed by atoms with E-state index in [0.29, 0.717) is 0 Å². The molecule has 2 heteroatoms. The molecule has 0 bridgehead atoms. The Hall–Kier alpha value is -0.890. The van der Waals surface area contributed by atoms with Gasteiger partial charge in [-0.3, -0.25) is 4.79 Å². The van der Waals surface area contributed by atoms with Gasteiger partial charge in [0.15, 0.2) is 5.78 Å². The predicted molar refractivity (Wildman–Crippen MR) is 65.1 cm³/mol. The van der Waals surface area contributed by atoms with Crippen molar-refractivity contribution in [2.75, 3.05) is 0 Å². The Balaban J connectivity index is 2.36. The van der Waals surface area contributed by atoms with Crippen molar-refractivity contribution >= 4 is 21.7 Å². The molecule has 0 saturated heterocycles. The van der Waals surface area contributed by atoms with E-state index in [1.807, 2.05) is 25.1 Å². The number of Topliss-reactive ketones (excluding diaryl/α,β-unsaturated/α-hetero) is 1. The van der Waals surface area contributed by atoms with Crippen molar-refractivity contribution in [1.82, 2.24) is 0 Å². The minimum absolute atomic E-state index is 0.183. The third-order valence-electron chi connectivity index (χ3n) is 2.70. The molecule has 0 spiro atoms. The van der Waals surface area contributed by atoms with E-state index in [9.17, 15) is 4.79 Å². The van der Waals surface area contributed by atoms with E-state index in [2.05, 4.69) is 22.0 Å². The van der Waals surface area contributed by atoms with E-state index in [0.717, 1.165) is 40.4 Å². The molecule has 2 rings (SSSR count). The smallest absolute Gasteiger partial charge is 0.189 e. The summed E-state index contributed by atoms with van der Waals surface area (Å²) < 4.78 is 0.894. The highest BCUT2D eigenvalue weighted by Crippen LogP contribution is 2.26. The van der Waals surface area contributed by atoms with Gasteiger partial charge < -0.3 is 0 Å². The van der Waals surface area contributed by atoms with Crippen molar-refractivity contribution in [3.63, 3.8) is 0 Å². The van der Waals surface area contributed by atoms with Crippen molar-refractivity contribution in [1.29, 1.82) is 0 Å². The Morgan fingerprint density at radius 2 is 2.20 bits per heavy atom. The number of carbonyl (C=O) groups is 1. The Bertz CT molecular complexity index is 432. The lowest BCUT2D eigenvalue weighted by Gasteiger charge is -2.05. The molecule has 0 aromatic heterocycles. The minimum Gasteiger partial charge on any atom is -0.289 e. The Morgan fingerprint density at radius 1 is 1.40 bits per heavy atom. The van der Waals surface area contributed by atoms with E-state index in [1.165, 1.54) is 0 Å². The summed E-state index contributed by atoms with van der Waals surface area (Å²) in [4.78, 5) is 12.1. The molecule has 0 unspecified atom stereocenters. The maximum atomic E-state index is 12.1. The minimum atomic E-state index is 0.183. The second kappa shape index (κ2) is 4.31. The molecule has 78 valence electrons. The van der Waals surface area contributed by atoms with E-state index < -0.39 is 0 Å². The van der Waals surface area contributed by atoms with Gasteiger partial charge in [0.05, 0.1) is 0 Å². The SMILES string of the molecule is Cc1ccc(Br)c(C(=O)C2=CCCC2)c1. The van der Waals surface area contributed by atoms with Gasteiger partial charge in [-0.15, -0.1) is 0 Å². The summed E-state index contributed by atoms with van der Waals surface area (Å²) in [6.07, 6.45) is 5.16. The van der Waals surface area contributed by atoms with Gasteiger partial charge in [0.25, 0.3) is 0 Å². The molecule has 1 nitrogen and oxygen atoms in total. The van der Waals surface area contributed by atoms with E-state index in [4.69, 9.17) is 0 Å². The number of ketones is 1. The fourth-order valence-corrected chi connectivity index (χ4v) is 2.29. The lowest BCUT2D eigenvalue weighted by molar-refractivity contribution is 0.103. The van der Waals surface area contributed by atoms with Crippen molar-refractivity contribution in [3.8, 4) is 0 Å². The topological polar surface area (TPSA) is 17.1 Å². The van der Waals surface area contributed by atoms with Crippen LogP contribution < -0.4 is 0 Å². The Morgan fingerprint density at radius 3 is 2.87 bits per heavy atom. The first-order valence-electron chi connectivity index (χ1n) is 5.18. The Kier molecular flexibility index (Phi) is 3.06. The summed E-state index contributed by atoms with van der Waals surface area (Å²) in [5.41, 5.74) is 2.89. The molecule has 1 aliphatic rings. The van der Waals surface area contributed by atoms with E-state index >= 15 is 0 Å². The van der Waals surface area contributed by atoms with E-state index in [-0.39, 0.29) is 5.78 Å². The van der Waals surface area contributed by atoms with Gasteiger partial charge in [-0.05, 0) is 43.9 Å². The van der Waals surface area contributed by atoms with Crippen LogP contribution in [0.1, 0.15) is 35.2 Å². The third kappa shape index (κ3) is 2.20. The average molecular weight is 265 g/mol. The zero-order valence-corrected chi connectivity index (χ0v) is 10.3. The molecule has 0 radical (unpaired) electrons. The van der Waals surface area contributed by atoms with Crippen LogP contribution in [-0.2, 0) is 0 Å². The van der Waals surface area contributed by atoms with Crippen LogP contribution in [0.5, 0.6) is 0 Å². The molecule has 0 atom stereocenters. The molecule has 0 saturated carbocycles. The van der Waals surface area contributed by atoms with Gasteiger partial charge in [-0.1, -0.05) is 33.6 Å². The number of hydrogen-bond acceptors (Lipinski definition) is 1. The van der Waals surface area contributed by atoms with Crippen LogP contribution >= 0.6 is 15.9 Å². The molecule has 1 aliphatic carbocycles. The molecular formula is C13H13BrO. The number of allylic oxidation sites excluding steroid dienone is 2. The molecule has 15 heavy (non-hydrogen) atoms. The highest BCUT2D eigenvalue weighted by molar-refractivity contribution is 9.10. The van der Waals surface area contributed by atoms with Crippen LogP contribution in [0.2, 0.25) is 0 Å². The molecule has 1 aromatic carbocycles. The highest BCUT2D eigenvalue weighted by Gasteiger charge is 2.17. The van der Waals surface area contributed by atoms with Gasteiger partial charge in [-0.25, -0.2) is 0 Å². The Labute approximate surface area is 98.3 Å². The van der Waals surface area contributed by atoms with Crippen LogP contribution in [0.15, 0.2) is 34.3 Å². The quantitative estimate of drug-likeness (QED) is 0.737. The summed E-state index contributed by atoms with van der Waals surface area (Å²) in [6, 6.07) is 5.90. The summed E-state index contributed by atoms with van der Waals surface area (Å²) in [6.45, 7) is 2.01. The van der Waals surface area contributed by atoms with Gasteiger partial charge in [0.1, 0.15) is 0 Å².